The SMILES string of the molecule is Cc1nc([C@@H]2CC23CCNCC3)n(-c2ccncc2C)n1. The molecule has 2 aromatic rings. The molecule has 5 heteroatoms. The molecule has 0 aromatic carbocycles. The zero-order chi connectivity index (χ0) is 14.4. The summed E-state index contributed by atoms with van der Waals surface area (Å²) in [6.07, 6.45) is 7.51. The Bertz CT molecular complexity index is 669. The van der Waals surface area contributed by atoms with Gasteiger partial charge in [0.05, 0.1) is 5.69 Å². The fourth-order valence-corrected chi connectivity index (χ4v) is 3.73. The number of nitrogens with zero attached hydrogens (tertiary/aromatic N) is 4. The molecule has 0 amide bonds. The minimum atomic E-state index is 0.476. The van der Waals surface area contributed by atoms with Crippen molar-refractivity contribution < 1.29 is 0 Å². The maximum absolute atomic E-state index is 4.75. The van der Waals surface area contributed by atoms with Gasteiger partial charge in [-0.05, 0) is 63.2 Å². The molecule has 110 valence electrons. The van der Waals surface area contributed by atoms with E-state index >= 15 is 0 Å². The molecular formula is C16H21N5. The first-order chi connectivity index (χ1) is 10.2. The van der Waals surface area contributed by atoms with E-state index in [1.54, 1.807) is 0 Å². The molecule has 5 nitrogen and oxygen atoms in total. The summed E-state index contributed by atoms with van der Waals surface area (Å²) in [5.41, 5.74) is 2.73. The van der Waals surface area contributed by atoms with Crippen molar-refractivity contribution in [2.24, 2.45) is 5.41 Å². The van der Waals surface area contributed by atoms with Crippen molar-refractivity contribution in [1.29, 1.82) is 0 Å². The van der Waals surface area contributed by atoms with E-state index < -0.39 is 0 Å². The number of aryl methyl sites for hydroxylation is 2. The first-order valence-corrected chi connectivity index (χ1v) is 7.75. The average Bonchev–Trinajstić information content (AvgIpc) is 3.02. The lowest BCUT2D eigenvalue weighted by atomic mass is 9.92. The quantitative estimate of drug-likeness (QED) is 0.917. The first-order valence-electron chi connectivity index (χ1n) is 7.75. The summed E-state index contributed by atoms with van der Waals surface area (Å²) in [6, 6.07) is 2.03. The molecule has 0 radical (unpaired) electrons. The first kappa shape index (κ1) is 13.0. The zero-order valence-electron chi connectivity index (χ0n) is 12.6. The molecule has 0 unspecified atom stereocenters. The predicted molar refractivity (Wildman–Crippen MR) is 80.5 cm³/mol. The van der Waals surface area contributed by atoms with Gasteiger partial charge in [0.15, 0.2) is 0 Å². The van der Waals surface area contributed by atoms with E-state index in [1.165, 1.54) is 19.3 Å². The van der Waals surface area contributed by atoms with Crippen molar-refractivity contribution >= 4 is 0 Å². The third kappa shape index (κ3) is 2.07. The predicted octanol–water partition coefficient (Wildman–Crippen LogP) is 2.14. The van der Waals surface area contributed by atoms with E-state index in [1.807, 2.05) is 30.1 Å². The van der Waals surface area contributed by atoms with Gasteiger partial charge in [-0.3, -0.25) is 4.98 Å². The van der Waals surface area contributed by atoms with Crippen molar-refractivity contribution in [3.63, 3.8) is 0 Å². The molecular weight excluding hydrogens is 262 g/mol. The van der Waals surface area contributed by atoms with Crippen LogP contribution < -0.4 is 5.32 Å². The summed E-state index contributed by atoms with van der Waals surface area (Å²) in [7, 11) is 0. The highest BCUT2D eigenvalue weighted by atomic mass is 15.4. The van der Waals surface area contributed by atoms with Crippen LogP contribution in [-0.4, -0.2) is 32.8 Å². The maximum atomic E-state index is 4.75. The van der Waals surface area contributed by atoms with E-state index in [0.29, 0.717) is 11.3 Å². The van der Waals surface area contributed by atoms with Gasteiger partial charge >= 0.3 is 0 Å². The van der Waals surface area contributed by atoms with Crippen LogP contribution in [0.1, 0.15) is 42.4 Å². The molecule has 1 saturated carbocycles. The number of aromatic nitrogens is 4. The lowest BCUT2D eigenvalue weighted by Gasteiger charge is -2.23. The molecule has 1 aliphatic heterocycles. The lowest BCUT2D eigenvalue weighted by Crippen LogP contribution is -2.29. The second kappa shape index (κ2) is 4.63. The van der Waals surface area contributed by atoms with Crippen molar-refractivity contribution in [2.75, 3.05) is 13.1 Å². The third-order valence-electron chi connectivity index (χ3n) is 5.06. The van der Waals surface area contributed by atoms with Crippen LogP contribution in [0.4, 0.5) is 0 Å². The summed E-state index contributed by atoms with van der Waals surface area (Å²) < 4.78 is 2.05. The Morgan fingerprint density at radius 2 is 2.10 bits per heavy atom. The summed E-state index contributed by atoms with van der Waals surface area (Å²) in [6.45, 7) is 6.33. The average molecular weight is 283 g/mol. The molecule has 1 aliphatic carbocycles. The minimum absolute atomic E-state index is 0.476. The summed E-state index contributed by atoms with van der Waals surface area (Å²) in [5, 5.41) is 8.11. The van der Waals surface area contributed by atoms with Crippen molar-refractivity contribution in [1.82, 2.24) is 25.1 Å². The normalized spacial score (nSPS) is 23.4. The summed E-state index contributed by atoms with van der Waals surface area (Å²) in [4.78, 5) is 8.93. The highest BCUT2D eigenvalue weighted by molar-refractivity contribution is 5.39. The number of pyridine rings is 1. The van der Waals surface area contributed by atoms with Gasteiger partial charge in [0.25, 0.3) is 0 Å². The van der Waals surface area contributed by atoms with Gasteiger partial charge in [0.1, 0.15) is 11.6 Å². The van der Waals surface area contributed by atoms with Gasteiger partial charge in [-0.15, -0.1) is 0 Å². The lowest BCUT2D eigenvalue weighted by molar-refractivity contribution is 0.339. The Kier molecular flexibility index (Phi) is 2.85. The molecule has 4 rings (SSSR count). The van der Waals surface area contributed by atoms with Crippen molar-refractivity contribution in [3.8, 4) is 5.69 Å². The number of rotatable bonds is 2. The molecule has 1 atom stereocenters. The highest BCUT2D eigenvalue weighted by Gasteiger charge is 2.56. The number of hydrogen-bond acceptors (Lipinski definition) is 4. The van der Waals surface area contributed by atoms with E-state index in [4.69, 9.17) is 4.98 Å². The second-order valence-electron chi connectivity index (χ2n) is 6.46. The van der Waals surface area contributed by atoms with Crippen LogP contribution in [0.25, 0.3) is 5.69 Å². The van der Waals surface area contributed by atoms with Gasteiger partial charge < -0.3 is 5.32 Å². The topological polar surface area (TPSA) is 55.6 Å². The van der Waals surface area contributed by atoms with Crippen LogP contribution in [0.5, 0.6) is 0 Å². The highest BCUT2D eigenvalue weighted by Crippen LogP contribution is 2.63. The molecule has 2 fully saturated rings. The van der Waals surface area contributed by atoms with E-state index in [2.05, 4.69) is 22.3 Å². The van der Waals surface area contributed by atoms with Crippen LogP contribution >= 0.6 is 0 Å². The fraction of sp³-hybridized carbons (Fsp3) is 0.562. The standard InChI is InChI=1S/C16H21N5/c1-11-10-18-6-3-14(11)21-15(19-12(2)20-21)13-9-16(13)4-7-17-8-5-16/h3,6,10,13,17H,4-5,7-9H2,1-2H3/t13-/m0/s1. The molecule has 1 N–H and O–H groups in total. The second-order valence-corrected chi connectivity index (χ2v) is 6.46. The summed E-state index contributed by atoms with van der Waals surface area (Å²) in [5.74, 6) is 2.56. The Morgan fingerprint density at radius 1 is 1.29 bits per heavy atom. The number of nitrogens with one attached hydrogen (secondary N) is 1. The van der Waals surface area contributed by atoms with Crippen LogP contribution in [-0.2, 0) is 0 Å². The van der Waals surface area contributed by atoms with Crippen molar-refractivity contribution in [2.45, 2.75) is 39.0 Å². The Labute approximate surface area is 124 Å². The Morgan fingerprint density at radius 3 is 2.86 bits per heavy atom. The molecule has 1 spiro atoms. The largest absolute Gasteiger partial charge is 0.317 e. The van der Waals surface area contributed by atoms with Gasteiger partial charge in [-0.1, -0.05) is 0 Å². The number of piperidine rings is 1. The smallest absolute Gasteiger partial charge is 0.148 e. The Hall–Kier alpha value is -1.75. The van der Waals surface area contributed by atoms with Crippen LogP contribution in [0.3, 0.4) is 0 Å². The monoisotopic (exact) mass is 283 g/mol. The molecule has 3 heterocycles. The minimum Gasteiger partial charge on any atom is -0.317 e. The maximum Gasteiger partial charge on any atom is 0.148 e. The van der Waals surface area contributed by atoms with E-state index in [0.717, 1.165) is 36.0 Å². The van der Waals surface area contributed by atoms with Crippen LogP contribution in [0, 0.1) is 19.3 Å². The van der Waals surface area contributed by atoms with Crippen molar-refractivity contribution in [3.05, 3.63) is 35.7 Å². The fourth-order valence-electron chi connectivity index (χ4n) is 3.73. The van der Waals surface area contributed by atoms with Gasteiger partial charge in [-0.2, -0.15) is 5.10 Å². The van der Waals surface area contributed by atoms with Gasteiger partial charge in [0.2, 0.25) is 0 Å². The molecule has 2 aliphatic rings. The third-order valence-corrected chi connectivity index (χ3v) is 5.06. The van der Waals surface area contributed by atoms with E-state index in [9.17, 15) is 0 Å². The molecule has 0 bridgehead atoms. The summed E-state index contributed by atoms with van der Waals surface area (Å²) >= 11 is 0. The Balaban J connectivity index is 1.73. The molecule has 21 heavy (non-hydrogen) atoms. The molecule has 2 aromatic heterocycles. The zero-order valence-corrected chi connectivity index (χ0v) is 12.6. The van der Waals surface area contributed by atoms with Gasteiger partial charge in [0, 0.05) is 18.3 Å². The van der Waals surface area contributed by atoms with Gasteiger partial charge in [-0.25, -0.2) is 9.67 Å². The molecule has 1 saturated heterocycles. The number of hydrogen-bond donors (Lipinski definition) is 1. The van der Waals surface area contributed by atoms with Crippen LogP contribution in [0.2, 0.25) is 0 Å². The van der Waals surface area contributed by atoms with E-state index in [-0.39, 0.29) is 0 Å². The van der Waals surface area contributed by atoms with Crippen LogP contribution in [0.15, 0.2) is 18.5 Å².